The fraction of sp³-hybridized carbons (Fsp3) is 0.441. The number of benzodiazepines with no additional fused rings is 1. The molecule has 2 unspecified atom stereocenters. The number of anilines is 1. The fourth-order valence-electron chi connectivity index (χ4n) is 5.01. The van der Waals surface area contributed by atoms with Crippen LogP contribution in [0.4, 0.5) is 5.69 Å². The van der Waals surface area contributed by atoms with E-state index in [1.165, 1.54) is 0 Å². The predicted octanol–water partition coefficient (Wildman–Crippen LogP) is 6.65. The number of aliphatic hydroxyl groups is 2. The zero-order chi connectivity index (χ0) is 33.5. The van der Waals surface area contributed by atoms with Gasteiger partial charge in [-0.2, -0.15) is 5.26 Å². The van der Waals surface area contributed by atoms with E-state index in [1.807, 2.05) is 58.2 Å². The number of rotatable bonds is 11. The maximum absolute atomic E-state index is 11.5. The Labute approximate surface area is 278 Å². The number of allylic oxidation sites excluding steroid dienone is 4. The number of benzene rings is 2. The number of aliphatic hydroxyl groups excluding tert-OH is 2. The summed E-state index contributed by atoms with van der Waals surface area (Å²) in [6.45, 7) is 13.7. The highest BCUT2D eigenvalue weighted by Crippen LogP contribution is 2.33. The molecule has 2 aromatic carbocycles. The maximum atomic E-state index is 11.5. The maximum Gasteiger partial charge on any atom is 0.211 e. The summed E-state index contributed by atoms with van der Waals surface area (Å²) in [7, 11) is 1.75. The Balaban J connectivity index is 0.00000345. The summed E-state index contributed by atoms with van der Waals surface area (Å²) < 4.78 is 0. The minimum atomic E-state index is -1.17. The largest absolute Gasteiger partial charge is 0.395 e. The molecule has 0 aromatic heterocycles. The summed E-state index contributed by atoms with van der Waals surface area (Å²) in [5.74, 6) is 0.148. The summed E-state index contributed by atoms with van der Waals surface area (Å²) in [6.07, 6.45) is 4.25. The Morgan fingerprint density at radius 1 is 1.11 bits per heavy atom. The number of nitriles is 1. The molecule has 3 rings (SSSR count). The van der Waals surface area contributed by atoms with E-state index in [-0.39, 0.29) is 12.6 Å². The highest BCUT2D eigenvalue weighted by molar-refractivity contribution is 6.36. The Kier molecular flexibility index (Phi) is 16.0. The molecule has 1 aliphatic rings. The van der Waals surface area contributed by atoms with Crippen LogP contribution in [0.25, 0.3) is 0 Å². The van der Waals surface area contributed by atoms with E-state index in [0.29, 0.717) is 45.5 Å². The van der Waals surface area contributed by atoms with Crippen molar-refractivity contribution in [2.75, 3.05) is 31.6 Å². The lowest BCUT2D eigenvalue weighted by atomic mass is 10.00. The number of aliphatic imine (C=N–C) groups is 2. The molecule has 0 saturated carbocycles. The molecule has 9 nitrogen and oxygen atoms in total. The molecule has 244 valence electrons. The van der Waals surface area contributed by atoms with Gasteiger partial charge in [-0.25, -0.2) is 4.99 Å². The molecule has 0 aliphatic carbocycles. The van der Waals surface area contributed by atoms with Gasteiger partial charge in [0.25, 0.3) is 0 Å². The molecule has 0 fully saturated rings. The van der Waals surface area contributed by atoms with Crippen molar-refractivity contribution in [3.05, 3.63) is 86.7 Å². The van der Waals surface area contributed by atoms with Crippen molar-refractivity contribution in [2.45, 2.75) is 73.2 Å². The second-order valence-electron chi connectivity index (χ2n) is 10.1. The molecule has 0 amide bonds. The van der Waals surface area contributed by atoms with Gasteiger partial charge in [-0.05, 0) is 62.1 Å². The first-order valence-corrected chi connectivity index (χ1v) is 16.2. The van der Waals surface area contributed by atoms with Crippen LogP contribution in [0.2, 0.25) is 10.0 Å². The van der Waals surface area contributed by atoms with Gasteiger partial charge in [0.1, 0.15) is 0 Å². The van der Waals surface area contributed by atoms with Gasteiger partial charge in [0.2, 0.25) is 5.96 Å². The average Bonchev–Trinajstić information content (AvgIpc) is 3.13. The number of nitrogens with zero attached hydrogens (tertiary/aromatic N) is 5. The van der Waals surface area contributed by atoms with E-state index in [2.05, 4.69) is 35.5 Å². The van der Waals surface area contributed by atoms with Crippen molar-refractivity contribution < 1.29 is 10.2 Å². The van der Waals surface area contributed by atoms with Crippen LogP contribution in [0, 0.1) is 11.5 Å². The van der Waals surface area contributed by atoms with Crippen LogP contribution in [0.15, 0.2) is 75.5 Å². The molecule has 0 radical (unpaired) electrons. The Morgan fingerprint density at radius 2 is 1.82 bits per heavy atom. The molecule has 1 aliphatic heterocycles. The van der Waals surface area contributed by atoms with Crippen LogP contribution in [-0.4, -0.2) is 65.9 Å². The topological polar surface area (TPSA) is 120 Å². The Morgan fingerprint density at radius 3 is 2.42 bits per heavy atom. The van der Waals surface area contributed by atoms with Crippen molar-refractivity contribution in [1.82, 2.24) is 15.5 Å². The third kappa shape index (κ3) is 9.97. The lowest BCUT2D eigenvalue weighted by molar-refractivity contribution is 0.149. The predicted molar refractivity (Wildman–Crippen MR) is 188 cm³/mol. The van der Waals surface area contributed by atoms with Crippen molar-refractivity contribution >= 4 is 40.6 Å². The molecule has 45 heavy (non-hydrogen) atoms. The summed E-state index contributed by atoms with van der Waals surface area (Å²) in [5.41, 5.74) is 5.51. The first-order chi connectivity index (χ1) is 21.7. The van der Waals surface area contributed by atoms with Gasteiger partial charge in [-0.15, -0.1) is 0 Å². The van der Waals surface area contributed by atoms with E-state index in [4.69, 9.17) is 33.2 Å². The number of fused-ring (bicyclic) bond motifs is 1. The molecule has 1 heterocycles. The van der Waals surface area contributed by atoms with Crippen molar-refractivity contribution in [3.63, 3.8) is 0 Å². The molecule has 11 heteroatoms. The van der Waals surface area contributed by atoms with Crippen molar-refractivity contribution in [3.8, 4) is 6.19 Å². The summed E-state index contributed by atoms with van der Waals surface area (Å²) in [6, 6.07) is 12.7. The summed E-state index contributed by atoms with van der Waals surface area (Å²) in [5, 5.41) is 37.5. The zero-order valence-electron chi connectivity index (χ0n) is 27.4. The van der Waals surface area contributed by atoms with E-state index >= 15 is 0 Å². The smallest absolute Gasteiger partial charge is 0.211 e. The average molecular weight is 657 g/mol. The molecule has 2 aromatic rings. The van der Waals surface area contributed by atoms with Gasteiger partial charge in [-0.3, -0.25) is 10.3 Å². The van der Waals surface area contributed by atoms with Crippen LogP contribution >= 0.6 is 23.2 Å². The third-order valence-electron chi connectivity index (χ3n) is 7.20. The molecule has 0 spiro atoms. The number of nitrogens with one attached hydrogen (secondary N) is 2. The SMILES string of the molecule is CC.CCCN(CCO)/C(=C/C(C)=C(\CC)N/C(=N/C1N=C(c2ccccc2Cl)c2cc(Cl)ccc2N(C)C1O)NC#N)CC. The van der Waals surface area contributed by atoms with Gasteiger partial charge < -0.3 is 25.3 Å². The second kappa shape index (κ2) is 19.1. The zero-order valence-corrected chi connectivity index (χ0v) is 28.9. The monoisotopic (exact) mass is 655 g/mol. The lowest BCUT2D eigenvalue weighted by Gasteiger charge is -2.27. The Hall–Kier alpha value is -3.55. The highest BCUT2D eigenvalue weighted by atomic mass is 35.5. The molecule has 4 N–H and O–H groups in total. The standard InChI is InChI=1S/C32H41Cl2N7O2.C2H6/c1-6-15-41(16-17-42)23(7-2)18-21(4)27(8-3)37-32(36-20-35)39-30-31(43)40(5)28-14-13-22(33)19-25(28)29(38-30)24-11-9-10-12-26(24)34;1-2/h9-14,18-19,30-31,42-43H,6-8,15-17H2,1-5H3,(H2,36,37,39);1-2H3/b23-18+,27-21+;. The summed E-state index contributed by atoms with van der Waals surface area (Å²) in [4.78, 5) is 13.5. The fourth-order valence-corrected chi connectivity index (χ4v) is 5.41. The molecule has 0 bridgehead atoms. The van der Waals surface area contributed by atoms with Gasteiger partial charge >= 0.3 is 0 Å². The van der Waals surface area contributed by atoms with E-state index in [0.717, 1.165) is 36.4 Å². The second-order valence-corrected chi connectivity index (χ2v) is 11.0. The van der Waals surface area contributed by atoms with Crippen LogP contribution in [0.5, 0.6) is 0 Å². The minimum absolute atomic E-state index is 0.0762. The molecular formula is C34H47Cl2N7O2. The van der Waals surface area contributed by atoms with Crippen LogP contribution in [0.3, 0.4) is 0 Å². The van der Waals surface area contributed by atoms with E-state index < -0.39 is 12.4 Å². The Bertz CT molecular complexity index is 1430. The molecule has 0 saturated heterocycles. The molecular weight excluding hydrogens is 609 g/mol. The number of halogens is 2. The van der Waals surface area contributed by atoms with Crippen molar-refractivity contribution in [2.24, 2.45) is 9.98 Å². The first-order valence-electron chi connectivity index (χ1n) is 15.5. The van der Waals surface area contributed by atoms with Gasteiger partial charge in [0, 0.05) is 58.4 Å². The third-order valence-corrected chi connectivity index (χ3v) is 7.76. The van der Waals surface area contributed by atoms with Gasteiger partial charge in [0.05, 0.1) is 12.3 Å². The molecule has 2 atom stereocenters. The number of hydrogen-bond acceptors (Lipinski definition) is 7. The first kappa shape index (κ1) is 37.6. The minimum Gasteiger partial charge on any atom is -0.395 e. The highest BCUT2D eigenvalue weighted by Gasteiger charge is 2.31. The van der Waals surface area contributed by atoms with Gasteiger partial charge in [0.15, 0.2) is 18.6 Å². The normalized spacial score (nSPS) is 17.1. The number of likely N-dealkylation sites (N-methyl/N-ethyl adjacent to an activating group) is 1. The van der Waals surface area contributed by atoms with Crippen molar-refractivity contribution in [1.29, 1.82) is 5.26 Å². The van der Waals surface area contributed by atoms with Crippen LogP contribution in [-0.2, 0) is 0 Å². The number of guanidine groups is 1. The van der Waals surface area contributed by atoms with Gasteiger partial charge in [-0.1, -0.05) is 76.0 Å². The van der Waals surface area contributed by atoms with Crippen LogP contribution < -0.4 is 15.5 Å². The van der Waals surface area contributed by atoms with E-state index in [9.17, 15) is 15.5 Å². The van der Waals surface area contributed by atoms with Crippen LogP contribution in [0.1, 0.15) is 71.9 Å². The summed E-state index contributed by atoms with van der Waals surface area (Å²) >= 11 is 13.0. The quantitative estimate of drug-likeness (QED) is 0.0703. The lowest BCUT2D eigenvalue weighted by Crippen LogP contribution is -2.42. The number of hydrogen-bond donors (Lipinski definition) is 4. The van der Waals surface area contributed by atoms with E-state index in [1.54, 1.807) is 30.1 Å².